The maximum absolute atomic E-state index is 15.0. The Labute approximate surface area is 216 Å². The van der Waals surface area contributed by atoms with Crippen LogP contribution in [0.4, 0.5) is 4.39 Å². The van der Waals surface area contributed by atoms with Crippen LogP contribution in [-0.2, 0) is 4.79 Å². The highest BCUT2D eigenvalue weighted by Crippen LogP contribution is 2.32. The van der Waals surface area contributed by atoms with E-state index < -0.39 is 5.92 Å². The van der Waals surface area contributed by atoms with Crippen molar-refractivity contribution in [3.63, 3.8) is 0 Å². The van der Waals surface area contributed by atoms with E-state index in [-0.39, 0.29) is 24.1 Å². The van der Waals surface area contributed by atoms with Gasteiger partial charge in [-0.15, -0.1) is 0 Å². The van der Waals surface area contributed by atoms with E-state index in [4.69, 9.17) is 0 Å². The minimum atomic E-state index is -0.462. The van der Waals surface area contributed by atoms with Crippen molar-refractivity contribution in [2.45, 2.75) is 31.6 Å². The molecule has 5 aromatic rings. The molecular weight excluding hydrogens is 461 g/mol. The van der Waals surface area contributed by atoms with E-state index in [2.05, 4.69) is 34.6 Å². The van der Waals surface area contributed by atoms with Gasteiger partial charge in [0.15, 0.2) is 0 Å². The Kier molecular flexibility index (Phi) is 7.41. The Bertz CT molecular complexity index is 1440. The Morgan fingerprint density at radius 1 is 0.838 bits per heavy atom. The van der Waals surface area contributed by atoms with Crippen LogP contribution in [-0.4, -0.2) is 21.8 Å². The fourth-order valence-corrected chi connectivity index (χ4v) is 5.12. The van der Waals surface area contributed by atoms with Gasteiger partial charge in [-0.25, -0.2) is 9.37 Å². The summed E-state index contributed by atoms with van der Waals surface area (Å²) in [5, 5.41) is 3.11. The lowest BCUT2D eigenvalue weighted by atomic mass is 9.88. The largest absolute Gasteiger partial charge is 0.356 e. The summed E-state index contributed by atoms with van der Waals surface area (Å²) in [7, 11) is 0. The van der Waals surface area contributed by atoms with Gasteiger partial charge in [-0.05, 0) is 48.2 Å². The van der Waals surface area contributed by atoms with Gasteiger partial charge in [0.1, 0.15) is 11.5 Å². The number of carbonyl (C=O) groups is 1. The normalized spacial score (nSPS) is 12.1. The second kappa shape index (κ2) is 11.2. The molecule has 0 saturated heterocycles. The van der Waals surface area contributed by atoms with E-state index in [1.807, 2.05) is 72.0 Å². The number of fused-ring (bicyclic) bond motifs is 1. The van der Waals surface area contributed by atoms with Crippen molar-refractivity contribution in [2.75, 3.05) is 6.54 Å². The fourth-order valence-electron chi connectivity index (χ4n) is 5.12. The molecule has 37 heavy (non-hydrogen) atoms. The molecule has 1 N–H and O–H groups in total. The predicted molar refractivity (Wildman–Crippen MR) is 145 cm³/mol. The number of imidazole rings is 1. The number of hydrogen-bond donors (Lipinski definition) is 1. The van der Waals surface area contributed by atoms with Crippen molar-refractivity contribution in [2.24, 2.45) is 0 Å². The molecule has 1 unspecified atom stereocenters. The summed E-state index contributed by atoms with van der Waals surface area (Å²) >= 11 is 0. The minimum Gasteiger partial charge on any atom is -0.356 e. The molecule has 0 radical (unpaired) electrons. The first kappa shape index (κ1) is 24.4. The molecule has 0 aliphatic carbocycles. The second-order valence-electron chi connectivity index (χ2n) is 9.33. The van der Waals surface area contributed by atoms with Gasteiger partial charge in [0.05, 0.1) is 5.69 Å². The first-order valence-corrected chi connectivity index (χ1v) is 12.7. The third kappa shape index (κ3) is 5.46. The van der Waals surface area contributed by atoms with E-state index in [0.29, 0.717) is 12.1 Å². The first-order valence-electron chi connectivity index (χ1n) is 12.7. The summed E-state index contributed by atoms with van der Waals surface area (Å²) in [6, 6.07) is 33.2. The number of hydrogen-bond acceptors (Lipinski definition) is 2. The SMILES string of the molecule is Cc1cccc2ncc(C(CC(=O)NCCC(c3ccccc3)c3ccccc3)c3ccccc3F)n12. The Hall–Kier alpha value is -4.25. The number of benzene rings is 3. The number of halogens is 1. The third-order valence-corrected chi connectivity index (χ3v) is 6.94. The summed E-state index contributed by atoms with van der Waals surface area (Å²) < 4.78 is 17.0. The molecule has 0 spiro atoms. The van der Waals surface area contributed by atoms with Gasteiger partial charge in [-0.2, -0.15) is 0 Å². The summed E-state index contributed by atoms with van der Waals surface area (Å²) in [6.07, 6.45) is 2.65. The molecule has 2 heterocycles. The highest BCUT2D eigenvalue weighted by Gasteiger charge is 2.25. The molecular formula is C32H30FN3O. The molecule has 3 aromatic carbocycles. The molecule has 0 fully saturated rings. The van der Waals surface area contributed by atoms with Crippen LogP contribution in [0.5, 0.6) is 0 Å². The van der Waals surface area contributed by atoms with E-state index in [9.17, 15) is 9.18 Å². The molecule has 0 aliphatic heterocycles. The summed E-state index contributed by atoms with van der Waals surface area (Å²) in [6.45, 7) is 2.51. The van der Waals surface area contributed by atoms with E-state index >= 15 is 0 Å². The Morgan fingerprint density at radius 3 is 2.16 bits per heavy atom. The third-order valence-electron chi connectivity index (χ3n) is 6.94. The molecule has 1 amide bonds. The van der Waals surface area contributed by atoms with Crippen LogP contribution in [0, 0.1) is 12.7 Å². The average Bonchev–Trinajstić information content (AvgIpc) is 3.37. The van der Waals surface area contributed by atoms with Crippen LogP contribution in [0.25, 0.3) is 5.65 Å². The van der Waals surface area contributed by atoms with Gasteiger partial charge in [0.25, 0.3) is 0 Å². The number of aromatic nitrogens is 2. The van der Waals surface area contributed by atoms with Crippen molar-refractivity contribution >= 4 is 11.6 Å². The molecule has 186 valence electrons. The number of nitrogens with zero attached hydrogens (tertiary/aromatic N) is 2. The monoisotopic (exact) mass is 491 g/mol. The van der Waals surface area contributed by atoms with Gasteiger partial charge >= 0.3 is 0 Å². The van der Waals surface area contributed by atoms with Crippen molar-refractivity contribution < 1.29 is 9.18 Å². The van der Waals surface area contributed by atoms with Gasteiger partial charge < -0.3 is 9.72 Å². The number of aryl methyl sites for hydroxylation is 1. The zero-order chi connectivity index (χ0) is 25.6. The fraction of sp³-hybridized carbons (Fsp3) is 0.188. The van der Waals surface area contributed by atoms with Crippen molar-refractivity contribution in [3.05, 3.63) is 143 Å². The molecule has 5 heteroatoms. The maximum atomic E-state index is 15.0. The predicted octanol–water partition coefficient (Wildman–Crippen LogP) is 6.64. The number of nitrogens with one attached hydrogen (secondary N) is 1. The topological polar surface area (TPSA) is 46.4 Å². The minimum absolute atomic E-state index is 0.114. The smallest absolute Gasteiger partial charge is 0.221 e. The summed E-state index contributed by atoms with van der Waals surface area (Å²) in [5.41, 5.74) is 5.50. The Balaban J connectivity index is 1.35. The van der Waals surface area contributed by atoms with Gasteiger partial charge in [-0.3, -0.25) is 4.79 Å². The number of amides is 1. The summed E-state index contributed by atoms with van der Waals surface area (Å²) in [5.74, 6) is -0.725. The molecule has 1 atom stereocenters. The highest BCUT2D eigenvalue weighted by atomic mass is 19.1. The second-order valence-corrected chi connectivity index (χ2v) is 9.33. The van der Waals surface area contributed by atoms with E-state index in [1.54, 1.807) is 18.3 Å². The molecule has 0 bridgehead atoms. The molecule has 5 rings (SSSR count). The Morgan fingerprint density at radius 2 is 1.49 bits per heavy atom. The zero-order valence-electron chi connectivity index (χ0n) is 20.8. The van der Waals surface area contributed by atoms with Crippen LogP contribution < -0.4 is 5.32 Å². The van der Waals surface area contributed by atoms with Crippen LogP contribution >= 0.6 is 0 Å². The molecule has 0 saturated carbocycles. The van der Waals surface area contributed by atoms with Crippen molar-refractivity contribution in [3.8, 4) is 0 Å². The van der Waals surface area contributed by atoms with Crippen LogP contribution in [0.3, 0.4) is 0 Å². The van der Waals surface area contributed by atoms with E-state index in [1.165, 1.54) is 17.2 Å². The van der Waals surface area contributed by atoms with Crippen LogP contribution in [0.1, 0.15) is 52.8 Å². The molecule has 2 aromatic heterocycles. The molecule has 0 aliphatic rings. The van der Waals surface area contributed by atoms with Gasteiger partial charge in [-0.1, -0.05) is 84.9 Å². The van der Waals surface area contributed by atoms with Crippen molar-refractivity contribution in [1.82, 2.24) is 14.7 Å². The van der Waals surface area contributed by atoms with Gasteiger partial charge in [0, 0.05) is 36.7 Å². The zero-order valence-corrected chi connectivity index (χ0v) is 20.8. The maximum Gasteiger partial charge on any atom is 0.221 e. The lowest BCUT2D eigenvalue weighted by Crippen LogP contribution is -2.28. The quantitative estimate of drug-likeness (QED) is 0.251. The van der Waals surface area contributed by atoms with Crippen molar-refractivity contribution in [1.29, 1.82) is 0 Å². The van der Waals surface area contributed by atoms with Gasteiger partial charge in [0.2, 0.25) is 5.91 Å². The highest BCUT2D eigenvalue weighted by molar-refractivity contribution is 5.77. The van der Waals surface area contributed by atoms with Crippen LogP contribution in [0.2, 0.25) is 0 Å². The number of carbonyl (C=O) groups excluding carboxylic acids is 1. The lowest BCUT2D eigenvalue weighted by molar-refractivity contribution is -0.121. The first-order chi connectivity index (χ1) is 18.1. The summed E-state index contributed by atoms with van der Waals surface area (Å²) in [4.78, 5) is 17.8. The molecule has 4 nitrogen and oxygen atoms in total. The van der Waals surface area contributed by atoms with E-state index in [0.717, 1.165) is 23.5 Å². The lowest BCUT2D eigenvalue weighted by Gasteiger charge is -2.20. The average molecular weight is 492 g/mol. The standard InChI is InChI=1S/C32H30FN3O/c1-23-11-10-18-31-35-22-30(36(23)31)28(27-16-8-9-17-29(27)33)21-32(37)34-20-19-26(24-12-4-2-5-13-24)25-14-6-3-7-15-25/h2-18,22,26,28H,19-21H2,1H3,(H,34,37). The number of pyridine rings is 1. The number of rotatable bonds is 9. The van der Waals surface area contributed by atoms with Crippen LogP contribution in [0.15, 0.2) is 109 Å².